The third-order valence-electron chi connectivity index (χ3n) is 3.51. The minimum absolute atomic E-state index is 0.0810. The average Bonchev–Trinajstić information content (AvgIpc) is 2.32. The van der Waals surface area contributed by atoms with Gasteiger partial charge in [-0.3, -0.25) is 0 Å². The van der Waals surface area contributed by atoms with E-state index >= 15 is 0 Å². The smallest absolute Gasteiger partial charge is 0.372 e. The lowest BCUT2D eigenvalue weighted by atomic mass is 9.76. The van der Waals surface area contributed by atoms with Crippen molar-refractivity contribution in [1.82, 2.24) is 0 Å². The van der Waals surface area contributed by atoms with Crippen LogP contribution in [0.2, 0.25) is 0 Å². The summed E-state index contributed by atoms with van der Waals surface area (Å²) in [4.78, 5) is 0. The third-order valence-corrected chi connectivity index (χ3v) is 3.51. The van der Waals surface area contributed by atoms with E-state index in [2.05, 4.69) is 18.6 Å². The molecule has 110 valence electrons. The van der Waals surface area contributed by atoms with Gasteiger partial charge in [-0.05, 0) is 37.6 Å². The van der Waals surface area contributed by atoms with E-state index in [1.54, 1.807) is 0 Å². The molecular formula is C13H26F3NO. The summed E-state index contributed by atoms with van der Waals surface area (Å²) in [7, 11) is 0. The minimum Gasteiger partial charge on any atom is -0.372 e. The van der Waals surface area contributed by atoms with E-state index in [1.165, 1.54) is 0 Å². The van der Waals surface area contributed by atoms with E-state index in [9.17, 15) is 13.2 Å². The largest absolute Gasteiger partial charge is 0.411 e. The lowest BCUT2D eigenvalue weighted by Crippen LogP contribution is -2.30. The van der Waals surface area contributed by atoms with Gasteiger partial charge in [-0.25, -0.2) is 0 Å². The van der Waals surface area contributed by atoms with Gasteiger partial charge in [-0.2, -0.15) is 13.2 Å². The highest BCUT2D eigenvalue weighted by Gasteiger charge is 2.28. The molecule has 2 N–H and O–H groups in total. The Labute approximate surface area is 108 Å². The van der Waals surface area contributed by atoms with Crippen molar-refractivity contribution >= 4 is 0 Å². The highest BCUT2D eigenvalue weighted by Crippen LogP contribution is 2.33. The summed E-state index contributed by atoms with van der Waals surface area (Å²) in [6, 6.07) is 0. The molecule has 0 radical (unpaired) electrons. The molecule has 0 aliphatic carbocycles. The van der Waals surface area contributed by atoms with Crippen LogP contribution in [-0.2, 0) is 4.74 Å². The van der Waals surface area contributed by atoms with Crippen molar-refractivity contribution in [2.24, 2.45) is 11.1 Å². The Balaban J connectivity index is 3.90. The monoisotopic (exact) mass is 269 g/mol. The number of hydrogen-bond acceptors (Lipinski definition) is 2. The van der Waals surface area contributed by atoms with Crippen molar-refractivity contribution in [3.05, 3.63) is 0 Å². The zero-order valence-electron chi connectivity index (χ0n) is 11.5. The van der Waals surface area contributed by atoms with Crippen LogP contribution in [0.25, 0.3) is 0 Å². The Hall–Kier alpha value is -0.290. The number of halogens is 3. The highest BCUT2D eigenvalue weighted by atomic mass is 19.4. The first-order valence-corrected chi connectivity index (χ1v) is 6.73. The van der Waals surface area contributed by atoms with Crippen molar-refractivity contribution in [3.63, 3.8) is 0 Å². The van der Waals surface area contributed by atoms with Gasteiger partial charge in [-0.1, -0.05) is 26.7 Å². The molecule has 0 heterocycles. The molecule has 1 atom stereocenters. The normalized spacial score (nSPS) is 15.7. The molecule has 0 aliphatic rings. The molecular weight excluding hydrogens is 243 g/mol. The summed E-state index contributed by atoms with van der Waals surface area (Å²) in [6.07, 6.45) is 1.53. The Morgan fingerprint density at radius 1 is 1.06 bits per heavy atom. The zero-order chi connectivity index (χ0) is 14.1. The van der Waals surface area contributed by atoms with Crippen LogP contribution in [0.4, 0.5) is 13.2 Å². The number of alkyl halides is 3. The zero-order valence-corrected chi connectivity index (χ0v) is 11.5. The molecule has 0 aromatic heterocycles. The van der Waals surface area contributed by atoms with Crippen LogP contribution < -0.4 is 5.73 Å². The van der Waals surface area contributed by atoms with Gasteiger partial charge >= 0.3 is 6.18 Å². The third kappa shape index (κ3) is 7.93. The van der Waals surface area contributed by atoms with Gasteiger partial charge in [0, 0.05) is 6.61 Å². The minimum atomic E-state index is -4.22. The van der Waals surface area contributed by atoms with Gasteiger partial charge < -0.3 is 10.5 Å². The maximum Gasteiger partial charge on any atom is 0.411 e. The summed E-state index contributed by atoms with van der Waals surface area (Å²) < 4.78 is 40.2. The number of ether oxygens (including phenoxy) is 1. The first-order valence-electron chi connectivity index (χ1n) is 6.73. The fraction of sp³-hybridized carbons (Fsp3) is 1.00. The van der Waals surface area contributed by atoms with E-state index in [0.29, 0.717) is 13.0 Å². The van der Waals surface area contributed by atoms with Gasteiger partial charge in [0.05, 0.1) is 0 Å². The molecule has 0 aromatic rings. The lowest BCUT2D eigenvalue weighted by molar-refractivity contribution is -0.174. The molecule has 18 heavy (non-hydrogen) atoms. The molecule has 2 nitrogen and oxygen atoms in total. The molecule has 5 heteroatoms. The van der Waals surface area contributed by atoms with Crippen LogP contribution in [-0.4, -0.2) is 25.9 Å². The SMILES string of the molecule is CCCCC(CC)(CN)CCCOCC(F)(F)F. The quantitative estimate of drug-likeness (QED) is 0.611. The maximum atomic E-state index is 11.9. The summed E-state index contributed by atoms with van der Waals surface area (Å²) in [6.45, 7) is 3.84. The van der Waals surface area contributed by atoms with Gasteiger partial charge in [-0.15, -0.1) is 0 Å². The molecule has 0 saturated heterocycles. The number of unbranched alkanes of at least 4 members (excludes halogenated alkanes) is 1. The van der Waals surface area contributed by atoms with Crippen molar-refractivity contribution in [1.29, 1.82) is 0 Å². The molecule has 0 rings (SSSR count). The van der Waals surface area contributed by atoms with E-state index in [1.807, 2.05) is 0 Å². The fourth-order valence-electron chi connectivity index (χ4n) is 2.12. The van der Waals surface area contributed by atoms with Crippen LogP contribution in [0.3, 0.4) is 0 Å². The molecule has 0 amide bonds. The lowest BCUT2D eigenvalue weighted by Gasteiger charge is -2.31. The summed E-state index contributed by atoms with van der Waals surface area (Å²) in [5, 5.41) is 0. The highest BCUT2D eigenvalue weighted by molar-refractivity contribution is 4.78. The molecule has 0 fully saturated rings. The molecule has 0 bridgehead atoms. The topological polar surface area (TPSA) is 35.2 Å². The molecule has 0 aromatic carbocycles. The van der Waals surface area contributed by atoms with Crippen molar-refractivity contribution in [2.75, 3.05) is 19.8 Å². The maximum absolute atomic E-state index is 11.9. The van der Waals surface area contributed by atoms with E-state index < -0.39 is 12.8 Å². The number of rotatable bonds is 10. The second-order valence-corrected chi connectivity index (χ2v) is 4.93. The van der Waals surface area contributed by atoms with Gasteiger partial charge in [0.2, 0.25) is 0 Å². The van der Waals surface area contributed by atoms with E-state index in [4.69, 9.17) is 5.73 Å². The van der Waals surface area contributed by atoms with Crippen LogP contribution >= 0.6 is 0 Å². The van der Waals surface area contributed by atoms with Gasteiger partial charge in [0.15, 0.2) is 0 Å². The predicted molar refractivity (Wildman–Crippen MR) is 67.4 cm³/mol. The van der Waals surface area contributed by atoms with E-state index in [0.717, 1.165) is 32.1 Å². The first-order chi connectivity index (χ1) is 8.39. The molecule has 0 spiro atoms. The van der Waals surface area contributed by atoms with Crippen LogP contribution in [0, 0.1) is 5.41 Å². The summed E-state index contributed by atoms with van der Waals surface area (Å²) >= 11 is 0. The average molecular weight is 269 g/mol. The van der Waals surface area contributed by atoms with Crippen molar-refractivity contribution in [3.8, 4) is 0 Å². The van der Waals surface area contributed by atoms with Crippen LogP contribution in [0.1, 0.15) is 52.4 Å². The second kappa shape index (κ2) is 8.75. The van der Waals surface area contributed by atoms with Crippen LogP contribution in [0.5, 0.6) is 0 Å². The van der Waals surface area contributed by atoms with Crippen molar-refractivity contribution < 1.29 is 17.9 Å². The Bertz CT molecular complexity index is 203. The van der Waals surface area contributed by atoms with E-state index in [-0.39, 0.29) is 12.0 Å². The Morgan fingerprint density at radius 2 is 1.67 bits per heavy atom. The standard InChI is InChI=1S/C13H26F3NO/c1-3-5-7-12(4-2,10-17)8-6-9-18-11-13(14,15)16/h3-11,17H2,1-2H3. The number of nitrogens with two attached hydrogens (primary N) is 1. The first kappa shape index (κ1) is 17.7. The summed E-state index contributed by atoms with van der Waals surface area (Å²) in [5.41, 5.74) is 5.90. The van der Waals surface area contributed by atoms with Crippen LogP contribution in [0.15, 0.2) is 0 Å². The molecule has 0 aliphatic heterocycles. The van der Waals surface area contributed by atoms with Gasteiger partial charge in [0.1, 0.15) is 6.61 Å². The predicted octanol–water partition coefficient (Wildman–Crippen LogP) is 3.89. The summed E-state index contributed by atoms with van der Waals surface area (Å²) in [5.74, 6) is 0. The fourth-order valence-corrected chi connectivity index (χ4v) is 2.12. The second-order valence-electron chi connectivity index (χ2n) is 4.93. The number of hydrogen-bond donors (Lipinski definition) is 1. The van der Waals surface area contributed by atoms with Gasteiger partial charge in [0.25, 0.3) is 0 Å². The van der Waals surface area contributed by atoms with Crippen molar-refractivity contribution in [2.45, 2.75) is 58.5 Å². The molecule has 1 unspecified atom stereocenters. The Morgan fingerprint density at radius 3 is 2.11 bits per heavy atom. The molecule has 0 saturated carbocycles. The Kier molecular flexibility index (Phi) is 8.61.